The lowest BCUT2D eigenvalue weighted by molar-refractivity contribution is 0.290. The van der Waals surface area contributed by atoms with E-state index in [0.717, 1.165) is 0 Å². The summed E-state index contributed by atoms with van der Waals surface area (Å²) in [5.41, 5.74) is 0.593. The van der Waals surface area contributed by atoms with Gasteiger partial charge in [0.25, 0.3) is 0 Å². The fourth-order valence-electron chi connectivity index (χ4n) is 1.35. The molecule has 0 aliphatic rings. The molecular formula is C13H9ClF2O. The van der Waals surface area contributed by atoms with Gasteiger partial charge in [0.1, 0.15) is 12.4 Å². The SMILES string of the molecule is Fc1cc(COc2ccccc2F)ccc1Cl. The third-order valence-corrected chi connectivity index (χ3v) is 2.52. The molecule has 0 saturated heterocycles. The third-order valence-electron chi connectivity index (χ3n) is 2.22. The second-order valence-electron chi connectivity index (χ2n) is 3.47. The van der Waals surface area contributed by atoms with E-state index >= 15 is 0 Å². The maximum Gasteiger partial charge on any atom is 0.165 e. The summed E-state index contributed by atoms with van der Waals surface area (Å²) in [6.07, 6.45) is 0. The first-order chi connectivity index (χ1) is 8.16. The standard InChI is InChI=1S/C13H9ClF2O/c14-10-6-5-9(7-12(10)16)8-17-13-4-2-1-3-11(13)15/h1-7H,8H2. The van der Waals surface area contributed by atoms with Crippen LogP contribution in [0.25, 0.3) is 0 Å². The molecule has 0 heterocycles. The van der Waals surface area contributed by atoms with Crippen LogP contribution in [0.1, 0.15) is 5.56 Å². The zero-order valence-electron chi connectivity index (χ0n) is 8.79. The fraction of sp³-hybridized carbons (Fsp3) is 0.0769. The molecule has 0 N–H and O–H groups in total. The highest BCUT2D eigenvalue weighted by Crippen LogP contribution is 2.19. The van der Waals surface area contributed by atoms with Crippen molar-refractivity contribution in [2.75, 3.05) is 0 Å². The highest BCUT2D eigenvalue weighted by molar-refractivity contribution is 6.30. The van der Waals surface area contributed by atoms with Gasteiger partial charge < -0.3 is 4.74 Å². The van der Waals surface area contributed by atoms with Gasteiger partial charge in [-0.05, 0) is 29.8 Å². The molecule has 0 amide bonds. The van der Waals surface area contributed by atoms with Gasteiger partial charge in [-0.1, -0.05) is 29.8 Å². The van der Waals surface area contributed by atoms with Crippen LogP contribution in [-0.4, -0.2) is 0 Å². The monoisotopic (exact) mass is 254 g/mol. The summed E-state index contributed by atoms with van der Waals surface area (Å²) in [4.78, 5) is 0. The van der Waals surface area contributed by atoms with Crippen LogP contribution in [-0.2, 0) is 6.61 Å². The summed E-state index contributed by atoms with van der Waals surface area (Å²) in [5.74, 6) is -0.814. The summed E-state index contributed by atoms with van der Waals surface area (Å²) in [7, 11) is 0. The topological polar surface area (TPSA) is 9.23 Å². The molecule has 0 fully saturated rings. The molecule has 2 rings (SSSR count). The Morgan fingerprint density at radius 2 is 1.76 bits per heavy atom. The number of benzene rings is 2. The first-order valence-corrected chi connectivity index (χ1v) is 5.36. The van der Waals surface area contributed by atoms with Gasteiger partial charge >= 0.3 is 0 Å². The molecular weight excluding hydrogens is 246 g/mol. The Hall–Kier alpha value is -1.61. The minimum Gasteiger partial charge on any atom is -0.486 e. The highest BCUT2D eigenvalue weighted by Gasteiger charge is 2.04. The minimum absolute atomic E-state index is 0.0552. The molecule has 0 radical (unpaired) electrons. The summed E-state index contributed by atoms with van der Waals surface area (Å²) >= 11 is 5.55. The highest BCUT2D eigenvalue weighted by atomic mass is 35.5. The van der Waals surface area contributed by atoms with E-state index in [4.69, 9.17) is 16.3 Å². The molecule has 0 spiro atoms. The van der Waals surface area contributed by atoms with Crippen molar-refractivity contribution in [2.45, 2.75) is 6.61 Å². The van der Waals surface area contributed by atoms with E-state index in [9.17, 15) is 8.78 Å². The molecule has 2 aromatic rings. The number of hydrogen-bond acceptors (Lipinski definition) is 1. The Labute approximate surface area is 103 Å². The van der Waals surface area contributed by atoms with Crippen LogP contribution in [0.5, 0.6) is 5.75 Å². The van der Waals surface area contributed by atoms with Crippen molar-refractivity contribution in [3.8, 4) is 5.75 Å². The van der Waals surface area contributed by atoms with Gasteiger partial charge in [-0.3, -0.25) is 0 Å². The average molecular weight is 255 g/mol. The predicted octanol–water partition coefficient (Wildman–Crippen LogP) is 4.20. The van der Waals surface area contributed by atoms with Gasteiger partial charge in [0.2, 0.25) is 0 Å². The second kappa shape index (κ2) is 5.15. The van der Waals surface area contributed by atoms with Gasteiger partial charge in [0, 0.05) is 0 Å². The molecule has 88 valence electrons. The van der Waals surface area contributed by atoms with Crippen molar-refractivity contribution >= 4 is 11.6 Å². The summed E-state index contributed by atoms with van der Waals surface area (Å²) in [6.45, 7) is 0.0923. The zero-order chi connectivity index (χ0) is 12.3. The summed E-state index contributed by atoms with van der Waals surface area (Å²) in [5, 5.41) is 0.0552. The molecule has 17 heavy (non-hydrogen) atoms. The second-order valence-corrected chi connectivity index (χ2v) is 3.87. The van der Waals surface area contributed by atoms with Crippen molar-refractivity contribution in [2.24, 2.45) is 0 Å². The quantitative estimate of drug-likeness (QED) is 0.798. The van der Waals surface area contributed by atoms with Crippen molar-refractivity contribution in [3.05, 3.63) is 64.7 Å². The zero-order valence-corrected chi connectivity index (χ0v) is 9.55. The Morgan fingerprint density at radius 1 is 1.00 bits per heavy atom. The summed E-state index contributed by atoms with van der Waals surface area (Å²) in [6, 6.07) is 10.4. The van der Waals surface area contributed by atoms with Crippen LogP contribution in [0.3, 0.4) is 0 Å². The number of ether oxygens (including phenoxy) is 1. The van der Waals surface area contributed by atoms with Crippen LogP contribution in [0, 0.1) is 11.6 Å². The van der Waals surface area contributed by atoms with E-state index in [0.29, 0.717) is 5.56 Å². The Kier molecular flexibility index (Phi) is 3.59. The molecule has 2 aromatic carbocycles. The molecule has 0 bridgehead atoms. The Bertz CT molecular complexity index is 529. The van der Waals surface area contributed by atoms with Gasteiger partial charge in [-0.2, -0.15) is 0 Å². The Balaban J connectivity index is 2.08. The predicted molar refractivity (Wildman–Crippen MR) is 62.1 cm³/mol. The molecule has 0 aromatic heterocycles. The van der Waals surface area contributed by atoms with Crippen molar-refractivity contribution < 1.29 is 13.5 Å². The molecule has 0 saturated carbocycles. The van der Waals surface area contributed by atoms with Crippen LogP contribution in [0.2, 0.25) is 5.02 Å². The largest absolute Gasteiger partial charge is 0.486 e. The molecule has 1 nitrogen and oxygen atoms in total. The lowest BCUT2D eigenvalue weighted by atomic mass is 10.2. The molecule has 0 unspecified atom stereocenters. The first kappa shape index (κ1) is 11.9. The van der Waals surface area contributed by atoms with Crippen LogP contribution in [0.4, 0.5) is 8.78 Å². The maximum atomic E-state index is 13.2. The lowest BCUT2D eigenvalue weighted by Crippen LogP contribution is -1.97. The van der Waals surface area contributed by atoms with Gasteiger partial charge in [-0.15, -0.1) is 0 Å². The van der Waals surface area contributed by atoms with E-state index in [2.05, 4.69) is 0 Å². The lowest BCUT2D eigenvalue weighted by Gasteiger charge is -2.07. The maximum absolute atomic E-state index is 13.2. The number of rotatable bonds is 3. The molecule has 0 atom stereocenters. The van der Waals surface area contributed by atoms with Crippen LogP contribution in [0.15, 0.2) is 42.5 Å². The van der Waals surface area contributed by atoms with E-state index in [1.807, 2.05) is 0 Å². The normalized spacial score (nSPS) is 10.3. The van der Waals surface area contributed by atoms with Crippen molar-refractivity contribution in [1.29, 1.82) is 0 Å². The van der Waals surface area contributed by atoms with Crippen molar-refractivity contribution in [3.63, 3.8) is 0 Å². The minimum atomic E-state index is -0.513. The van der Waals surface area contributed by atoms with Crippen LogP contribution < -0.4 is 4.74 Å². The first-order valence-electron chi connectivity index (χ1n) is 4.98. The molecule has 4 heteroatoms. The number of hydrogen-bond donors (Lipinski definition) is 0. The number of halogens is 3. The summed E-state index contributed by atoms with van der Waals surface area (Å²) < 4.78 is 31.6. The van der Waals surface area contributed by atoms with Gasteiger partial charge in [-0.25, -0.2) is 8.78 Å². The van der Waals surface area contributed by atoms with Crippen molar-refractivity contribution in [1.82, 2.24) is 0 Å². The van der Waals surface area contributed by atoms with Crippen LogP contribution >= 0.6 is 11.6 Å². The third kappa shape index (κ3) is 2.94. The Morgan fingerprint density at radius 3 is 2.47 bits per heavy atom. The van der Waals surface area contributed by atoms with E-state index in [1.54, 1.807) is 18.2 Å². The average Bonchev–Trinajstić information content (AvgIpc) is 2.32. The van der Waals surface area contributed by atoms with Gasteiger partial charge in [0.15, 0.2) is 11.6 Å². The molecule has 0 aliphatic carbocycles. The van der Waals surface area contributed by atoms with E-state index in [1.165, 1.54) is 24.3 Å². The number of para-hydroxylation sites is 1. The molecule has 0 aliphatic heterocycles. The smallest absolute Gasteiger partial charge is 0.165 e. The fourth-order valence-corrected chi connectivity index (χ4v) is 1.47. The van der Waals surface area contributed by atoms with E-state index < -0.39 is 11.6 Å². The van der Waals surface area contributed by atoms with E-state index in [-0.39, 0.29) is 17.4 Å². The van der Waals surface area contributed by atoms with Gasteiger partial charge in [0.05, 0.1) is 5.02 Å².